The first-order chi connectivity index (χ1) is 33.9. The van der Waals surface area contributed by atoms with E-state index in [1.54, 1.807) is 11.1 Å². The maximum atomic E-state index is 8.33. The molecule has 0 unspecified atom stereocenters. The second kappa shape index (κ2) is 16.4. The van der Waals surface area contributed by atoms with Crippen molar-refractivity contribution in [3.63, 3.8) is 0 Å². The molecule has 9 aromatic carbocycles. The third kappa shape index (κ3) is 6.46. The van der Waals surface area contributed by atoms with Crippen molar-refractivity contribution in [1.29, 1.82) is 0 Å². The molecule has 11 aromatic rings. The molecule has 0 spiro atoms. The summed E-state index contributed by atoms with van der Waals surface area (Å²) in [6.45, 7) is -2.52. The largest absolute Gasteiger partial charge is 0.294 e. The Hall–Kier alpha value is -8.29. The van der Waals surface area contributed by atoms with Gasteiger partial charge in [-0.2, -0.15) is 5.06 Å². The molecule has 0 radical (unpaired) electrons. The molecule has 12 rings (SSSR count). The molecule has 314 valence electrons. The maximum absolute atomic E-state index is 8.33. The molecule has 0 bridgehead atoms. The van der Waals surface area contributed by atoms with Crippen LogP contribution < -0.4 is 30.9 Å². The first-order valence-corrected chi connectivity index (χ1v) is 24.2. The molecule has 0 atom stereocenters. The van der Waals surface area contributed by atoms with Crippen LogP contribution in [0.15, 0.2) is 249 Å². The van der Waals surface area contributed by atoms with Gasteiger partial charge in [-0.3, -0.25) is 4.57 Å². The van der Waals surface area contributed by atoms with Crippen LogP contribution in [0.3, 0.4) is 0 Å². The lowest BCUT2D eigenvalue weighted by molar-refractivity contribution is 0.142. The minimum Gasteiger partial charge on any atom is -0.294 e. The van der Waals surface area contributed by atoms with Crippen molar-refractivity contribution in [2.24, 2.45) is 0 Å². The van der Waals surface area contributed by atoms with Crippen LogP contribution in [0.2, 0.25) is 0 Å². The van der Waals surface area contributed by atoms with Crippen molar-refractivity contribution >= 4 is 67.7 Å². The number of anilines is 3. The zero-order valence-electron chi connectivity index (χ0n) is 38.9. The fraction of sp³-hybridized carbons (Fsp3) is 0.0167. The van der Waals surface area contributed by atoms with Crippen LogP contribution >= 0.6 is 0 Å². The van der Waals surface area contributed by atoms with Crippen molar-refractivity contribution in [3.8, 4) is 39.2 Å². The Balaban J connectivity index is 1.10. The molecule has 0 aliphatic carbocycles. The van der Waals surface area contributed by atoms with Gasteiger partial charge in [0.1, 0.15) is 5.82 Å². The van der Waals surface area contributed by atoms with E-state index in [1.807, 2.05) is 30.5 Å². The number of rotatable bonds is 9. The lowest BCUT2D eigenvalue weighted by atomic mass is 9.88. The molecule has 0 N–H and O–H groups in total. The molecular weight excluding hydrogens is 821 g/mol. The number of fused-ring (bicyclic) bond motifs is 4. The Kier molecular flexibility index (Phi) is 8.95. The van der Waals surface area contributed by atoms with Gasteiger partial charge >= 0.3 is 0 Å². The zero-order chi connectivity index (χ0) is 46.5. The summed E-state index contributed by atoms with van der Waals surface area (Å²) < 4.78 is 27.3. The number of hydrogen-bond donors (Lipinski definition) is 0. The predicted octanol–water partition coefficient (Wildman–Crippen LogP) is 12.0. The summed E-state index contributed by atoms with van der Waals surface area (Å²) >= 11 is 0. The minimum atomic E-state index is -3.21. The highest BCUT2D eigenvalue weighted by Crippen LogP contribution is 2.42. The summed E-state index contributed by atoms with van der Waals surface area (Å²) in [5.74, 6) is 0.815. The molecule has 0 saturated heterocycles. The molecular formula is C60H44N4OSi. The van der Waals surface area contributed by atoms with Gasteiger partial charge in [-0.15, -0.1) is 4.94 Å². The summed E-state index contributed by atoms with van der Waals surface area (Å²) in [7, 11) is -3.21. The van der Waals surface area contributed by atoms with Gasteiger partial charge in [0.25, 0.3) is 0 Å². The highest BCUT2D eigenvalue weighted by atomic mass is 28.3. The van der Waals surface area contributed by atoms with Crippen molar-refractivity contribution in [1.82, 2.24) is 9.55 Å². The summed E-state index contributed by atoms with van der Waals surface area (Å²) in [5.41, 5.74) is 10.8. The highest BCUT2D eigenvalue weighted by molar-refractivity contribution is 7.20. The second-order valence-corrected chi connectivity index (χ2v) is 20.4. The van der Waals surface area contributed by atoms with E-state index in [0.717, 1.165) is 76.9 Å². The molecule has 0 amide bonds. The lowest BCUT2D eigenvalue weighted by Crippen LogP contribution is -2.74. The van der Waals surface area contributed by atoms with Crippen LogP contribution in [0, 0.1) is 0 Å². The van der Waals surface area contributed by atoms with Gasteiger partial charge < -0.3 is 0 Å². The number of para-hydroxylation sites is 3. The fourth-order valence-corrected chi connectivity index (χ4v) is 14.9. The van der Waals surface area contributed by atoms with E-state index in [9.17, 15) is 0 Å². The number of hydroxylamine groups is 1. The van der Waals surface area contributed by atoms with E-state index in [0.29, 0.717) is 11.4 Å². The highest BCUT2D eigenvalue weighted by Gasteiger charge is 2.42. The van der Waals surface area contributed by atoms with E-state index in [-0.39, 0.29) is 0 Å². The quantitative estimate of drug-likeness (QED) is 0.107. The number of hydrogen-bond acceptors (Lipinski definition) is 4. The summed E-state index contributed by atoms with van der Waals surface area (Å²) in [6, 6.07) is 85.3. The molecule has 2 aromatic heterocycles. The topological polar surface area (TPSA) is 33.5 Å². The Morgan fingerprint density at radius 3 is 1.68 bits per heavy atom. The van der Waals surface area contributed by atoms with Crippen molar-refractivity contribution in [3.05, 3.63) is 249 Å². The summed E-state index contributed by atoms with van der Waals surface area (Å²) in [4.78, 5) is 11.4. The van der Waals surface area contributed by atoms with Gasteiger partial charge in [-0.25, -0.2) is 10.0 Å². The van der Waals surface area contributed by atoms with E-state index in [1.165, 1.54) is 15.6 Å². The molecule has 5 nitrogen and oxygen atoms in total. The van der Waals surface area contributed by atoms with Gasteiger partial charge in [0, 0.05) is 28.1 Å². The van der Waals surface area contributed by atoms with Crippen LogP contribution in [-0.4, -0.2) is 24.6 Å². The lowest BCUT2D eigenvalue weighted by Gasteiger charge is -2.35. The smallest absolute Gasteiger partial charge is 0.179 e. The van der Waals surface area contributed by atoms with Crippen LogP contribution in [-0.2, 0) is 4.94 Å². The normalized spacial score (nSPS) is 13.4. The first-order valence-electron chi connectivity index (χ1n) is 23.7. The first kappa shape index (κ1) is 36.1. The molecule has 66 heavy (non-hydrogen) atoms. The summed E-state index contributed by atoms with van der Waals surface area (Å²) in [5, 5.41) is 9.61. The Bertz CT molecular complexity index is 3560. The third-order valence-electron chi connectivity index (χ3n) is 13.0. The van der Waals surface area contributed by atoms with Gasteiger partial charge in [0.2, 0.25) is 0 Å². The minimum absolute atomic E-state index is 0.480. The Morgan fingerprint density at radius 1 is 0.439 bits per heavy atom. The van der Waals surface area contributed by atoms with Crippen LogP contribution in [0.25, 0.3) is 61.0 Å². The van der Waals surface area contributed by atoms with Crippen molar-refractivity contribution in [2.45, 2.75) is 0 Å². The Morgan fingerprint density at radius 2 is 1.00 bits per heavy atom. The van der Waals surface area contributed by atoms with E-state index >= 15 is 0 Å². The molecule has 0 saturated carbocycles. The average molecular weight is 868 g/mol. The average Bonchev–Trinajstić information content (AvgIpc) is 3.97. The standard InChI is InChI=1S/C60H44N4OSi/c1-62-56-34-16-17-35-57(56)64(65-62)46-24-18-29-49(41-46)66(47-25-10-4-11-26-47,48-27-12-5-13-28-48)50-36-37-54-53-30-14-15-33-55(53)63(58(54)42-50)59-40-45(38-39-61-59)60-51(43-20-6-2-7-21-43)31-19-32-52(60)44-22-8-3-9-23-44/h2-42H,1H3/i1D3. The van der Waals surface area contributed by atoms with Gasteiger partial charge in [-0.05, 0) is 103 Å². The molecule has 6 heteroatoms. The van der Waals surface area contributed by atoms with Gasteiger partial charge in [-0.1, -0.05) is 194 Å². The van der Waals surface area contributed by atoms with Gasteiger partial charge in [0.15, 0.2) is 8.07 Å². The van der Waals surface area contributed by atoms with Gasteiger partial charge in [0.05, 0.1) is 28.1 Å². The van der Waals surface area contributed by atoms with E-state index in [4.69, 9.17) is 14.0 Å². The van der Waals surface area contributed by atoms with Crippen LogP contribution in [0.4, 0.5) is 17.1 Å². The van der Waals surface area contributed by atoms with E-state index < -0.39 is 15.0 Å². The Labute approximate surface area is 389 Å². The molecule has 1 aliphatic rings. The van der Waals surface area contributed by atoms with Crippen molar-refractivity contribution in [2.75, 3.05) is 17.1 Å². The van der Waals surface area contributed by atoms with E-state index in [2.05, 4.69) is 217 Å². The predicted molar refractivity (Wildman–Crippen MR) is 277 cm³/mol. The third-order valence-corrected chi connectivity index (χ3v) is 17.8. The SMILES string of the molecule is [2H]C([2H])([2H])N1ON(c2cccc([Si](c3ccccc3)(c3ccccc3)c3ccc4c5ccccc5n(-c5cc(-c6c(-c7ccccc7)cccc6-c6ccccc6)ccn5)c4c3)c2)c2ccccc21. The molecule has 1 aliphatic heterocycles. The zero-order valence-corrected chi connectivity index (χ0v) is 36.9. The van der Waals surface area contributed by atoms with Crippen LogP contribution in [0.5, 0.6) is 0 Å². The van der Waals surface area contributed by atoms with Crippen molar-refractivity contribution < 1.29 is 9.05 Å². The second-order valence-electron chi connectivity index (χ2n) is 16.6. The number of benzene rings is 9. The number of nitrogens with zero attached hydrogens (tertiary/aromatic N) is 4. The number of aromatic nitrogens is 2. The van der Waals surface area contributed by atoms with Crippen LogP contribution in [0.1, 0.15) is 4.11 Å². The summed E-state index contributed by atoms with van der Waals surface area (Å²) in [6.07, 6.45) is 1.94. The number of pyridine rings is 1. The fourth-order valence-electron chi connectivity index (χ4n) is 10.1. The molecule has 0 fully saturated rings. The maximum Gasteiger partial charge on any atom is 0.179 e. The molecule has 3 heterocycles. The monoisotopic (exact) mass is 867 g/mol.